The fraction of sp³-hybridized carbons (Fsp3) is 0.316. The zero-order valence-electron chi connectivity index (χ0n) is 15.3. The highest BCUT2D eigenvalue weighted by Crippen LogP contribution is 2.20. The normalized spacial score (nSPS) is 9.85. The molecule has 0 aromatic heterocycles. The average molecular weight is 400 g/mol. The number of carbonyl (C=O) groups is 1. The van der Waals surface area contributed by atoms with Gasteiger partial charge in [-0.1, -0.05) is 12.1 Å². The molecule has 0 unspecified atom stereocenters. The van der Waals surface area contributed by atoms with Crippen LogP contribution in [-0.2, 0) is 0 Å². The molecule has 0 fully saturated rings. The molecular weight excluding hydrogens is 373 g/mol. The Kier molecular flexibility index (Phi) is 10.8. The summed E-state index contributed by atoms with van der Waals surface area (Å²) in [7, 11) is 4.07. The van der Waals surface area contributed by atoms with Crippen molar-refractivity contribution >= 4 is 42.1 Å². The Bertz CT molecular complexity index is 709. The molecule has 0 aliphatic carbocycles. The maximum absolute atomic E-state index is 12.4. The number of hydrogen-bond donors (Lipinski definition) is 2. The predicted octanol–water partition coefficient (Wildman–Crippen LogP) is 4.00. The molecule has 0 aliphatic heterocycles. The maximum atomic E-state index is 12.4. The van der Waals surface area contributed by atoms with Crippen LogP contribution < -0.4 is 15.8 Å². The molecule has 0 aliphatic rings. The molecular formula is C19H27Cl2N3O2. The van der Waals surface area contributed by atoms with Gasteiger partial charge in [0.15, 0.2) is 0 Å². The summed E-state index contributed by atoms with van der Waals surface area (Å²) >= 11 is 0. The van der Waals surface area contributed by atoms with Crippen LogP contribution >= 0.6 is 24.8 Å². The van der Waals surface area contributed by atoms with Crippen LogP contribution in [0.4, 0.5) is 11.4 Å². The highest BCUT2D eigenvalue weighted by molar-refractivity contribution is 6.05. The molecule has 2 aromatic rings. The molecule has 5 nitrogen and oxygen atoms in total. The van der Waals surface area contributed by atoms with Gasteiger partial charge in [-0.05, 0) is 57.3 Å². The van der Waals surface area contributed by atoms with Crippen LogP contribution in [0.3, 0.4) is 0 Å². The Morgan fingerprint density at radius 1 is 1.15 bits per heavy atom. The van der Waals surface area contributed by atoms with E-state index in [2.05, 4.69) is 10.2 Å². The summed E-state index contributed by atoms with van der Waals surface area (Å²) in [5, 5.41) is 2.89. The number of rotatable bonds is 7. The van der Waals surface area contributed by atoms with E-state index in [0.29, 0.717) is 23.5 Å². The van der Waals surface area contributed by atoms with E-state index in [1.807, 2.05) is 51.4 Å². The molecule has 0 radical (unpaired) electrons. The molecule has 0 saturated carbocycles. The molecule has 0 heterocycles. The Balaban J connectivity index is 0.00000312. The van der Waals surface area contributed by atoms with Crippen LogP contribution in [0.1, 0.15) is 22.3 Å². The van der Waals surface area contributed by atoms with Crippen molar-refractivity contribution in [2.75, 3.05) is 38.3 Å². The van der Waals surface area contributed by atoms with Crippen LogP contribution in [0, 0.1) is 6.92 Å². The first-order chi connectivity index (χ1) is 11.5. The number of halogens is 2. The fourth-order valence-electron chi connectivity index (χ4n) is 2.32. The molecule has 1 amide bonds. The Hall–Kier alpha value is -1.95. The van der Waals surface area contributed by atoms with Gasteiger partial charge in [0.2, 0.25) is 0 Å². The number of hydrogen-bond acceptors (Lipinski definition) is 4. The summed E-state index contributed by atoms with van der Waals surface area (Å²) in [5.41, 5.74) is 8.51. The van der Waals surface area contributed by atoms with Crippen molar-refractivity contribution < 1.29 is 9.53 Å². The van der Waals surface area contributed by atoms with E-state index in [1.54, 1.807) is 12.1 Å². The Labute approximate surface area is 167 Å². The molecule has 0 saturated heterocycles. The third-order valence-corrected chi connectivity index (χ3v) is 3.62. The van der Waals surface area contributed by atoms with E-state index in [1.165, 1.54) is 0 Å². The monoisotopic (exact) mass is 399 g/mol. The standard InChI is InChI=1S/C19H25N3O2.2ClH/c1-14-8-9-15(20)12-18(14)19(23)21-16-6-4-7-17(13-16)24-11-5-10-22(2)3;;/h4,6-9,12-13H,5,10-11,20H2,1-3H3,(H,21,23);2*1H. The van der Waals surface area contributed by atoms with Gasteiger partial charge >= 0.3 is 0 Å². The number of nitrogens with one attached hydrogen (secondary N) is 1. The van der Waals surface area contributed by atoms with Gasteiger partial charge in [-0.25, -0.2) is 0 Å². The number of nitrogens with zero attached hydrogens (tertiary/aromatic N) is 1. The van der Waals surface area contributed by atoms with Crippen LogP contribution in [0.5, 0.6) is 5.75 Å². The van der Waals surface area contributed by atoms with E-state index in [-0.39, 0.29) is 30.7 Å². The van der Waals surface area contributed by atoms with E-state index in [0.717, 1.165) is 24.3 Å². The van der Waals surface area contributed by atoms with Crippen molar-refractivity contribution in [3.63, 3.8) is 0 Å². The minimum absolute atomic E-state index is 0. The molecule has 0 spiro atoms. The fourth-order valence-corrected chi connectivity index (χ4v) is 2.32. The minimum atomic E-state index is -0.176. The van der Waals surface area contributed by atoms with Gasteiger partial charge in [0.05, 0.1) is 6.61 Å². The van der Waals surface area contributed by atoms with Crippen LogP contribution in [-0.4, -0.2) is 38.1 Å². The number of carbonyl (C=O) groups excluding carboxylic acids is 1. The number of benzene rings is 2. The van der Waals surface area contributed by atoms with E-state index >= 15 is 0 Å². The molecule has 0 atom stereocenters. The molecule has 3 N–H and O–H groups in total. The number of nitrogens with two attached hydrogens (primary N) is 1. The summed E-state index contributed by atoms with van der Waals surface area (Å²) in [6.07, 6.45) is 0.950. The highest BCUT2D eigenvalue weighted by atomic mass is 35.5. The molecule has 0 bridgehead atoms. The first-order valence-corrected chi connectivity index (χ1v) is 8.01. The number of ether oxygens (including phenoxy) is 1. The first-order valence-electron chi connectivity index (χ1n) is 8.01. The smallest absolute Gasteiger partial charge is 0.256 e. The van der Waals surface area contributed by atoms with Crippen LogP contribution in [0.15, 0.2) is 42.5 Å². The average Bonchev–Trinajstić information content (AvgIpc) is 2.54. The van der Waals surface area contributed by atoms with Crippen molar-refractivity contribution in [2.24, 2.45) is 0 Å². The second kappa shape index (κ2) is 11.6. The van der Waals surface area contributed by atoms with E-state index in [4.69, 9.17) is 10.5 Å². The maximum Gasteiger partial charge on any atom is 0.256 e. The topological polar surface area (TPSA) is 67.6 Å². The van der Waals surface area contributed by atoms with E-state index in [9.17, 15) is 4.79 Å². The molecule has 2 aromatic carbocycles. The highest BCUT2D eigenvalue weighted by Gasteiger charge is 2.10. The first kappa shape index (κ1) is 24.1. The van der Waals surface area contributed by atoms with Gasteiger partial charge in [0.25, 0.3) is 5.91 Å². The molecule has 144 valence electrons. The lowest BCUT2D eigenvalue weighted by atomic mass is 10.1. The number of amides is 1. The largest absolute Gasteiger partial charge is 0.493 e. The van der Waals surface area contributed by atoms with Gasteiger partial charge in [0, 0.05) is 29.5 Å². The molecule has 7 heteroatoms. The molecule has 26 heavy (non-hydrogen) atoms. The zero-order chi connectivity index (χ0) is 17.5. The van der Waals surface area contributed by atoms with Gasteiger partial charge in [-0.3, -0.25) is 4.79 Å². The quantitative estimate of drug-likeness (QED) is 0.545. The van der Waals surface area contributed by atoms with E-state index < -0.39 is 0 Å². The molecule has 2 rings (SSSR count). The summed E-state index contributed by atoms with van der Waals surface area (Å²) < 4.78 is 5.73. The van der Waals surface area contributed by atoms with Crippen molar-refractivity contribution in [3.8, 4) is 5.75 Å². The zero-order valence-corrected chi connectivity index (χ0v) is 17.0. The lowest BCUT2D eigenvalue weighted by Crippen LogP contribution is -2.15. The van der Waals surface area contributed by atoms with Crippen molar-refractivity contribution in [1.82, 2.24) is 4.90 Å². The second-order valence-electron chi connectivity index (χ2n) is 6.06. The second-order valence-corrected chi connectivity index (χ2v) is 6.06. The lowest BCUT2D eigenvalue weighted by molar-refractivity contribution is 0.102. The summed E-state index contributed by atoms with van der Waals surface area (Å²) in [6.45, 7) is 3.51. The third-order valence-electron chi connectivity index (χ3n) is 3.62. The van der Waals surface area contributed by atoms with Crippen LogP contribution in [0.25, 0.3) is 0 Å². The number of anilines is 2. The van der Waals surface area contributed by atoms with Gasteiger partial charge in [0.1, 0.15) is 5.75 Å². The van der Waals surface area contributed by atoms with Crippen molar-refractivity contribution in [1.29, 1.82) is 0 Å². The van der Waals surface area contributed by atoms with Crippen molar-refractivity contribution in [2.45, 2.75) is 13.3 Å². The summed E-state index contributed by atoms with van der Waals surface area (Å²) in [6, 6.07) is 12.7. The minimum Gasteiger partial charge on any atom is -0.493 e. The van der Waals surface area contributed by atoms with Crippen LogP contribution in [0.2, 0.25) is 0 Å². The predicted molar refractivity (Wildman–Crippen MR) is 113 cm³/mol. The van der Waals surface area contributed by atoms with Crippen molar-refractivity contribution in [3.05, 3.63) is 53.6 Å². The Morgan fingerprint density at radius 3 is 2.58 bits per heavy atom. The number of aryl methyl sites for hydroxylation is 1. The summed E-state index contributed by atoms with van der Waals surface area (Å²) in [5.74, 6) is 0.570. The van der Waals surface area contributed by atoms with Gasteiger partial charge in [-0.15, -0.1) is 24.8 Å². The van der Waals surface area contributed by atoms with Gasteiger partial charge in [-0.2, -0.15) is 0 Å². The lowest BCUT2D eigenvalue weighted by Gasteiger charge is -2.12. The van der Waals surface area contributed by atoms with Gasteiger partial charge < -0.3 is 20.7 Å². The SMILES string of the molecule is Cc1ccc(N)cc1C(=O)Nc1cccc(OCCCN(C)C)c1.Cl.Cl. The number of nitrogen functional groups attached to an aromatic ring is 1. The third kappa shape index (κ3) is 7.52. The summed E-state index contributed by atoms with van der Waals surface area (Å²) in [4.78, 5) is 14.5. The Morgan fingerprint density at radius 2 is 1.88 bits per heavy atom.